The van der Waals surface area contributed by atoms with Gasteiger partial charge in [0.1, 0.15) is 17.5 Å². The second kappa shape index (κ2) is 9.83. The summed E-state index contributed by atoms with van der Waals surface area (Å²) in [7, 11) is 0. The number of oxazole rings is 1. The zero-order valence-corrected chi connectivity index (χ0v) is 18.7. The van der Waals surface area contributed by atoms with E-state index in [1.807, 2.05) is 87.6 Å². The molecule has 8 heteroatoms. The van der Waals surface area contributed by atoms with Crippen LogP contribution in [0.25, 0.3) is 16.9 Å². The lowest BCUT2D eigenvalue weighted by Gasteiger charge is -2.04. The predicted molar refractivity (Wildman–Crippen MR) is 127 cm³/mol. The van der Waals surface area contributed by atoms with Crippen LogP contribution in [0.4, 0.5) is 5.88 Å². The summed E-state index contributed by atoms with van der Waals surface area (Å²) in [5, 5.41) is 18.4. The van der Waals surface area contributed by atoms with Crippen molar-refractivity contribution in [2.45, 2.75) is 26.7 Å². The average molecular weight is 441 g/mol. The number of nitrogens with zero attached hydrogens (tertiary/aromatic N) is 5. The van der Waals surface area contributed by atoms with Gasteiger partial charge in [0.25, 0.3) is 5.88 Å². The number of anilines is 1. The molecular formula is C25H24N6O2. The Labute approximate surface area is 192 Å². The molecule has 166 valence electrons. The molecule has 33 heavy (non-hydrogen) atoms. The molecular weight excluding hydrogens is 416 g/mol. The highest BCUT2D eigenvalue weighted by Crippen LogP contribution is 2.26. The van der Waals surface area contributed by atoms with E-state index < -0.39 is 0 Å². The summed E-state index contributed by atoms with van der Waals surface area (Å²) in [6, 6.07) is 19.6. The third-order valence-corrected chi connectivity index (χ3v) is 4.82. The first-order valence-electron chi connectivity index (χ1n) is 10.7. The first-order valence-corrected chi connectivity index (χ1v) is 10.7. The molecule has 4 rings (SSSR count). The van der Waals surface area contributed by atoms with Crippen molar-refractivity contribution in [1.82, 2.24) is 14.8 Å². The van der Waals surface area contributed by atoms with Crippen LogP contribution in [0.1, 0.15) is 43.8 Å². The van der Waals surface area contributed by atoms with Gasteiger partial charge < -0.3 is 9.15 Å². The summed E-state index contributed by atoms with van der Waals surface area (Å²) < 4.78 is 13.0. The number of aromatic nitrogens is 3. The number of hydrogen-bond acceptors (Lipinski definition) is 7. The van der Waals surface area contributed by atoms with E-state index in [1.54, 1.807) is 10.9 Å². The zero-order chi connectivity index (χ0) is 23.2. The summed E-state index contributed by atoms with van der Waals surface area (Å²) >= 11 is 0. The van der Waals surface area contributed by atoms with Crippen LogP contribution in [0.5, 0.6) is 5.75 Å². The maximum atomic E-state index is 9.32. The number of rotatable bonds is 8. The minimum absolute atomic E-state index is 0.0620. The Morgan fingerprint density at radius 2 is 1.94 bits per heavy atom. The van der Waals surface area contributed by atoms with Gasteiger partial charge in [-0.3, -0.25) is 0 Å². The number of nitrogens with one attached hydrogen (secondary N) is 1. The first-order chi connectivity index (χ1) is 16.1. The lowest BCUT2D eigenvalue weighted by molar-refractivity contribution is 0.340. The second-order valence-corrected chi connectivity index (χ2v) is 7.54. The monoisotopic (exact) mass is 440 g/mol. The van der Waals surface area contributed by atoms with Crippen molar-refractivity contribution in [3.8, 4) is 28.8 Å². The topological polar surface area (TPSA) is 101 Å². The van der Waals surface area contributed by atoms with E-state index in [0.29, 0.717) is 12.5 Å². The molecule has 0 atom stereocenters. The molecule has 0 saturated heterocycles. The second-order valence-electron chi connectivity index (χ2n) is 7.54. The number of hydrazone groups is 1. The number of para-hydroxylation sites is 1. The molecule has 0 amide bonds. The van der Waals surface area contributed by atoms with Gasteiger partial charge in [0.2, 0.25) is 11.6 Å². The van der Waals surface area contributed by atoms with E-state index in [-0.39, 0.29) is 17.5 Å². The molecule has 0 aliphatic heterocycles. The Morgan fingerprint density at radius 3 is 2.61 bits per heavy atom. The maximum Gasteiger partial charge on any atom is 0.252 e. The van der Waals surface area contributed by atoms with Crippen molar-refractivity contribution >= 4 is 12.1 Å². The van der Waals surface area contributed by atoms with Crippen molar-refractivity contribution < 1.29 is 9.15 Å². The lowest BCUT2D eigenvalue weighted by atomic mass is 10.1. The molecule has 0 spiro atoms. The van der Waals surface area contributed by atoms with Gasteiger partial charge in [-0.2, -0.15) is 15.5 Å². The van der Waals surface area contributed by atoms with E-state index in [2.05, 4.69) is 15.5 Å². The highest BCUT2D eigenvalue weighted by molar-refractivity contribution is 5.89. The van der Waals surface area contributed by atoms with E-state index in [0.717, 1.165) is 28.3 Å². The molecule has 0 saturated carbocycles. The molecule has 2 aromatic carbocycles. The SMILES string of the molecule is CCOc1ccc(-c2nn(-c3ccccc3)cc2C=NNc2oc(C(C)C)nc2C#N)cc1. The Morgan fingerprint density at radius 1 is 1.18 bits per heavy atom. The van der Waals surface area contributed by atoms with Crippen LogP contribution in [0.3, 0.4) is 0 Å². The zero-order valence-electron chi connectivity index (χ0n) is 18.7. The van der Waals surface area contributed by atoms with Crippen molar-refractivity contribution in [3.63, 3.8) is 0 Å². The van der Waals surface area contributed by atoms with E-state index in [1.165, 1.54) is 0 Å². The quantitative estimate of drug-likeness (QED) is 0.292. The molecule has 2 heterocycles. The third-order valence-electron chi connectivity index (χ3n) is 4.82. The van der Waals surface area contributed by atoms with Crippen molar-refractivity contribution in [1.29, 1.82) is 5.26 Å². The summed E-state index contributed by atoms with van der Waals surface area (Å²) in [4.78, 5) is 4.19. The fraction of sp³-hybridized carbons (Fsp3) is 0.200. The Kier molecular flexibility index (Phi) is 6.51. The molecule has 4 aromatic rings. The molecule has 0 radical (unpaired) electrons. The smallest absolute Gasteiger partial charge is 0.252 e. The van der Waals surface area contributed by atoms with Crippen LogP contribution in [0.15, 0.2) is 70.3 Å². The Hall–Kier alpha value is -4.38. The number of hydrogen-bond donors (Lipinski definition) is 1. The molecule has 0 bridgehead atoms. The van der Waals surface area contributed by atoms with Gasteiger partial charge >= 0.3 is 0 Å². The van der Waals surface area contributed by atoms with Gasteiger partial charge in [-0.1, -0.05) is 32.0 Å². The van der Waals surface area contributed by atoms with Crippen molar-refractivity contribution in [3.05, 3.63) is 77.9 Å². The minimum Gasteiger partial charge on any atom is -0.494 e. The summed E-state index contributed by atoms with van der Waals surface area (Å²) in [5.74, 6) is 1.56. The molecule has 2 aromatic heterocycles. The number of nitriles is 1. The van der Waals surface area contributed by atoms with E-state index in [9.17, 15) is 5.26 Å². The van der Waals surface area contributed by atoms with Crippen molar-refractivity contribution in [2.75, 3.05) is 12.0 Å². The van der Waals surface area contributed by atoms with Crippen molar-refractivity contribution in [2.24, 2.45) is 5.10 Å². The summed E-state index contributed by atoms with van der Waals surface area (Å²) in [5.41, 5.74) is 6.37. The highest BCUT2D eigenvalue weighted by atomic mass is 16.5. The Bertz CT molecular complexity index is 1280. The number of benzene rings is 2. The fourth-order valence-corrected chi connectivity index (χ4v) is 3.19. The normalized spacial score (nSPS) is 11.1. The largest absolute Gasteiger partial charge is 0.494 e. The summed E-state index contributed by atoms with van der Waals surface area (Å²) in [6.45, 7) is 6.45. The molecule has 1 N–H and O–H groups in total. The minimum atomic E-state index is 0.0620. The predicted octanol–water partition coefficient (Wildman–Crippen LogP) is 5.37. The average Bonchev–Trinajstić information content (AvgIpc) is 3.45. The van der Waals surface area contributed by atoms with Crippen LogP contribution >= 0.6 is 0 Å². The van der Waals surface area contributed by atoms with E-state index in [4.69, 9.17) is 14.3 Å². The van der Waals surface area contributed by atoms with Crippen LogP contribution in [0, 0.1) is 11.3 Å². The molecule has 8 nitrogen and oxygen atoms in total. The van der Waals surface area contributed by atoms with Crippen LogP contribution < -0.4 is 10.2 Å². The fourth-order valence-electron chi connectivity index (χ4n) is 3.19. The number of ether oxygens (including phenoxy) is 1. The highest BCUT2D eigenvalue weighted by Gasteiger charge is 2.15. The standard InChI is InChI=1S/C25H24N6O2/c1-4-32-21-12-10-18(11-13-21)23-19(16-31(30-23)20-8-6-5-7-9-20)15-27-29-25-22(14-26)28-24(33-25)17(2)3/h5-13,15-17,29H,4H2,1-3H3. The molecule has 0 fully saturated rings. The maximum absolute atomic E-state index is 9.32. The van der Waals surface area contributed by atoms with Crippen LogP contribution in [-0.4, -0.2) is 27.6 Å². The van der Waals surface area contributed by atoms with E-state index >= 15 is 0 Å². The first kappa shape index (κ1) is 21.8. The molecule has 0 aliphatic carbocycles. The van der Waals surface area contributed by atoms with Gasteiger partial charge in [0, 0.05) is 23.2 Å². The van der Waals surface area contributed by atoms with Gasteiger partial charge in [-0.05, 0) is 43.3 Å². The van der Waals surface area contributed by atoms with Gasteiger partial charge in [-0.15, -0.1) is 0 Å². The molecule has 0 unspecified atom stereocenters. The Balaban J connectivity index is 1.66. The van der Waals surface area contributed by atoms with Crippen LogP contribution in [-0.2, 0) is 0 Å². The van der Waals surface area contributed by atoms with Gasteiger partial charge in [-0.25, -0.2) is 15.1 Å². The van der Waals surface area contributed by atoms with Gasteiger partial charge in [0.05, 0.1) is 18.5 Å². The van der Waals surface area contributed by atoms with Gasteiger partial charge in [0.15, 0.2) is 0 Å². The summed E-state index contributed by atoms with van der Waals surface area (Å²) in [6.07, 6.45) is 3.55. The lowest BCUT2D eigenvalue weighted by Crippen LogP contribution is -1.94. The van der Waals surface area contributed by atoms with Crippen LogP contribution in [0.2, 0.25) is 0 Å². The third kappa shape index (κ3) is 4.93. The molecule has 0 aliphatic rings.